The first-order valence-corrected chi connectivity index (χ1v) is 6.80. The smallest absolute Gasteiger partial charge is 0.0340 e. The van der Waals surface area contributed by atoms with Gasteiger partial charge in [0.2, 0.25) is 0 Å². The second-order valence-corrected chi connectivity index (χ2v) is 5.37. The number of hydrogen-bond acceptors (Lipinski definition) is 1. The molecule has 92 valence electrons. The van der Waals surface area contributed by atoms with Crippen LogP contribution in [0.1, 0.15) is 30.9 Å². The third-order valence-corrected chi connectivity index (χ3v) is 3.60. The fourth-order valence-corrected chi connectivity index (χ4v) is 2.31. The van der Waals surface area contributed by atoms with Crippen LogP contribution in [0.25, 0.3) is 6.08 Å². The summed E-state index contributed by atoms with van der Waals surface area (Å²) in [7, 11) is 0. The molecule has 1 aromatic heterocycles. The average molecular weight is 302 g/mol. The van der Waals surface area contributed by atoms with Gasteiger partial charge in [-0.05, 0) is 36.2 Å². The predicted octanol–water partition coefficient (Wildman–Crippen LogP) is 5.05. The van der Waals surface area contributed by atoms with Gasteiger partial charge in [-0.15, -0.1) is 0 Å². The lowest BCUT2D eigenvalue weighted by atomic mass is 9.93. The minimum Gasteiger partial charge on any atom is -0.264 e. The lowest BCUT2D eigenvalue weighted by Crippen LogP contribution is -1.95. The van der Waals surface area contributed by atoms with Gasteiger partial charge in [0.15, 0.2) is 0 Å². The Bertz CT molecular complexity index is 546. The van der Waals surface area contributed by atoms with Gasteiger partial charge in [0.05, 0.1) is 0 Å². The predicted molar refractivity (Wildman–Crippen MR) is 80.4 cm³/mol. The van der Waals surface area contributed by atoms with Gasteiger partial charge in [-0.1, -0.05) is 52.7 Å². The van der Waals surface area contributed by atoms with E-state index in [4.69, 9.17) is 0 Å². The number of halogens is 1. The van der Waals surface area contributed by atoms with Crippen molar-refractivity contribution in [1.82, 2.24) is 4.98 Å². The fraction of sp³-hybridized carbons (Fsp3) is 0.188. The van der Waals surface area contributed by atoms with Crippen molar-refractivity contribution in [3.05, 3.63) is 70.0 Å². The third kappa shape index (κ3) is 3.30. The molecule has 0 saturated carbocycles. The Balaban J connectivity index is 2.24. The summed E-state index contributed by atoms with van der Waals surface area (Å²) in [6.45, 7) is 4.39. The Morgan fingerprint density at radius 1 is 1.28 bits per heavy atom. The van der Waals surface area contributed by atoms with E-state index in [1.165, 1.54) is 11.1 Å². The summed E-state index contributed by atoms with van der Waals surface area (Å²) >= 11 is 3.52. The molecule has 1 atom stereocenters. The molecular weight excluding hydrogens is 286 g/mol. The van der Waals surface area contributed by atoms with Crippen molar-refractivity contribution >= 4 is 22.0 Å². The molecule has 1 unspecified atom stereocenters. The average Bonchev–Trinajstić information content (AvgIpc) is 2.39. The van der Waals surface area contributed by atoms with Gasteiger partial charge in [-0.2, -0.15) is 0 Å². The van der Waals surface area contributed by atoms with Crippen molar-refractivity contribution in [1.29, 1.82) is 0 Å². The highest BCUT2D eigenvalue weighted by Crippen LogP contribution is 2.27. The van der Waals surface area contributed by atoms with Crippen LogP contribution in [0.2, 0.25) is 0 Å². The van der Waals surface area contributed by atoms with Crippen molar-refractivity contribution in [2.45, 2.75) is 19.8 Å². The maximum Gasteiger partial charge on any atom is 0.0340 e. The van der Waals surface area contributed by atoms with Crippen LogP contribution in [0.5, 0.6) is 0 Å². The molecule has 2 heteroatoms. The molecule has 0 saturated heterocycles. The van der Waals surface area contributed by atoms with Crippen LogP contribution in [0, 0.1) is 0 Å². The summed E-state index contributed by atoms with van der Waals surface area (Å²) in [4.78, 5) is 4.13. The van der Waals surface area contributed by atoms with E-state index in [1.807, 2.05) is 12.3 Å². The highest BCUT2D eigenvalue weighted by Gasteiger charge is 2.07. The Morgan fingerprint density at radius 2 is 2.11 bits per heavy atom. The van der Waals surface area contributed by atoms with Crippen LogP contribution >= 0.6 is 15.9 Å². The van der Waals surface area contributed by atoms with Crippen LogP contribution in [-0.2, 0) is 0 Å². The zero-order valence-corrected chi connectivity index (χ0v) is 12.2. The molecule has 0 aliphatic carbocycles. The van der Waals surface area contributed by atoms with Gasteiger partial charge in [0.25, 0.3) is 0 Å². The largest absolute Gasteiger partial charge is 0.264 e. The lowest BCUT2D eigenvalue weighted by Gasteiger charge is -2.13. The number of benzene rings is 1. The Kier molecular flexibility index (Phi) is 4.32. The van der Waals surface area contributed by atoms with Crippen molar-refractivity contribution < 1.29 is 0 Å². The molecule has 1 heterocycles. The topological polar surface area (TPSA) is 12.9 Å². The second kappa shape index (κ2) is 5.96. The molecule has 0 amide bonds. The van der Waals surface area contributed by atoms with Crippen molar-refractivity contribution in [2.24, 2.45) is 0 Å². The number of rotatable bonds is 3. The van der Waals surface area contributed by atoms with Gasteiger partial charge in [-0.25, -0.2) is 0 Å². The first kappa shape index (κ1) is 13.0. The fourth-order valence-electron chi connectivity index (χ4n) is 1.89. The Labute approximate surface area is 117 Å². The highest BCUT2D eigenvalue weighted by molar-refractivity contribution is 9.10. The molecule has 0 radical (unpaired) electrons. The van der Waals surface area contributed by atoms with E-state index < -0.39 is 0 Å². The molecule has 0 fully saturated rings. The summed E-state index contributed by atoms with van der Waals surface area (Å²) in [5, 5.41) is 0. The van der Waals surface area contributed by atoms with E-state index >= 15 is 0 Å². The first-order valence-electron chi connectivity index (χ1n) is 6.00. The van der Waals surface area contributed by atoms with Crippen molar-refractivity contribution in [3.63, 3.8) is 0 Å². The van der Waals surface area contributed by atoms with Crippen molar-refractivity contribution in [3.8, 4) is 0 Å². The molecule has 0 spiro atoms. The standard InChI is InChI=1S/C16H16BrN/c1-12(9-14-5-4-8-18-11-14)13(2)15-6-3-7-16(17)10-15/h3-11,13H,1-2H3. The summed E-state index contributed by atoms with van der Waals surface area (Å²) in [5.41, 5.74) is 3.81. The van der Waals surface area contributed by atoms with Gasteiger partial charge in [-0.3, -0.25) is 4.98 Å². The highest BCUT2D eigenvalue weighted by atomic mass is 79.9. The number of allylic oxidation sites excluding steroid dienone is 1. The maximum absolute atomic E-state index is 4.13. The Morgan fingerprint density at radius 3 is 2.78 bits per heavy atom. The van der Waals surface area contributed by atoms with Crippen molar-refractivity contribution in [2.75, 3.05) is 0 Å². The number of nitrogens with zero attached hydrogens (tertiary/aromatic N) is 1. The normalized spacial score (nSPS) is 13.4. The minimum absolute atomic E-state index is 0.405. The quantitative estimate of drug-likeness (QED) is 0.773. The summed E-state index contributed by atoms with van der Waals surface area (Å²) < 4.78 is 1.13. The lowest BCUT2D eigenvalue weighted by molar-refractivity contribution is 0.900. The molecule has 1 aromatic carbocycles. The summed E-state index contributed by atoms with van der Waals surface area (Å²) in [6.07, 6.45) is 5.88. The molecule has 0 bridgehead atoms. The van der Waals surface area contributed by atoms with Gasteiger partial charge >= 0.3 is 0 Å². The van der Waals surface area contributed by atoms with Crippen LogP contribution < -0.4 is 0 Å². The number of hydrogen-bond donors (Lipinski definition) is 0. The summed E-state index contributed by atoms with van der Waals surface area (Å²) in [6, 6.07) is 12.5. The van der Waals surface area contributed by atoms with Gasteiger partial charge < -0.3 is 0 Å². The third-order valence-electron chi connectivity index (χ3n) is 3.11. The van der Waals surface area contributed by atoms with Gasteiger partial charge in [0, 0.05) is 22.8 Å². The van der Waals surface area contributed by atoms with Gasteiger partial charge in [0.1, 0.15) is 0 Å². The van der Waals surface area contributed by atoms with E-state index in [9.17, 15) is 0 Å². The summed E-state index contributed by atoms with van der Waals surface area (Å²) in [5.74, 6) is 0.405. The zero-order valence-electron chi connectivity index (χ0n) is 10.6. The molecule has 1 nitrogen and oxygen atoms in total. The first-order chi connectivity index (χ1) is 8.66. The molecule has 0 aliphatic rings. The van der Waals surface area contributed by atoms with E-state index in [0.29, 0.717) is 5.92 Å². The molecule has 2 rings (SSSR count). The van der Waals surface area contributed by atoms with Crippen LogP contribution in [0.15, 0.2) is 58.8 Å². The zero-order chi connectivity index (χ0) is 13.0. The van der Waals surface area contributed by atoms with E-state index in [0.717, 1.165) is 10.0 Å². The molecule has 0 aliphatic heterocycles. The van der Waals surface area contributed by atoms with Crippen LogP contribution in [0.3, 0.4) is 0 Å². The molecule has 2 aromatic rings. The minimum atomic E-state index is 0.405. The van der Waals surface area contributed by atoms with E-state index in [-0.39, 0.29) is 0 Å². The molecular formula is C16H16BrN. The SMILES string of the molecule is CC(=Cc1cccnc1)C(C)c1cccc(Br)c1. The molecule has 18 heavy (non-hydrogen) atoms. The number of pyridine rings is 1. The number of aromatic nitrogens is 1. The Hall–Kier alpha value is -1.41. The van der Waals surface area contributed by atoms with Crippen LogP contribution in [0.4, 0.5) is 0 Å². The van der Waals surface area contributed by atoms with Crippen LogP contribution in [-0.4, -0.2) is 4.98 Å². The van der Waals surface area contributed by atoms with E-state index in [1.54, 1.807) is 6.20 Å². The maximum atomic E-state index is 4.13. The second-order valence-electron chi connectivity index (χ2n) is 4.45. The molecule has 0 N–H and O–H groups in total. The monoisotopic (exact) mass is 301 g/mol. The van der Waals surface area contributed by atoms with E-state index in [2.05, 4.69) is 71.2 Å².